The molecule has 0 spiro atoms. The minimum Gasteiger partial charge on any atom is -0.458 e. The van der Waals surface area contributed by atoms with Crippen molar-refractivity contribution >= 4 is 5.97 Å². The highest BCUT2D eigenvalue weighted by Crippen LogP contribution is 2.67. The van der Waals surface area contributed by atoms with Crippen LogP contribution in [0.4, 0.5) is 0 Å². The van der Waals surface area contributed by atoms with E-state index < -0.39 is 0 Å². The summed E-state index contributed by atoms with van der Waals surface area (Å²) in [6.45, 7) is 8.79. The topological polar surface area (TPSA) is 26.3 Å². The molecule has 0 aromatic heterocycles. The molecule has 2 bridgehead atoms. The summed E-state index contributed by atoms with van der Waals surface area (Å²) in [5, 5.41) is 0. The van der Waals surface area contributed by atoms with Gasteiger partial charge in [-0.05, 0) is 55.3 Å². The Kier molecular flexibility index (Phi) is 3.63. The number of esters is 1. The van der Waals surface area contributed by atoms with Crippen molar-refractivity contribution in [3.05, 3.63) is 0 Å². The summed E-state index contributed by atoms with van der Waals surface area (Å²) >= 11 is 0. The molecule has 3 saturated carbocycles. The predicted octanol–water partition coefficient (Wildman–Crippen LogP) is 4.43. The Hall–Kier alpha value is -0.530. The molecule has 0 radical (unpaired) electrons. The molecule has 2 nitrogen and oxygen atoms in total. The van der Waals surface area contributed by atoms with Crippen LogP contribution in [0.15, 0.2) is 0 Å². The van der Waals surface area contributed by atoms with E-state index in [0.717, 1.165) is 17.8 Å². The molecule has 3 aliphatic rings. The fourth-order valence-electron chi connectivity index (χ4n) is 5.76. The Labute approximate surface area is 123 Å². The summed E-state index contributed by atoms with van der Waals surface area (Å²) in [5.74, 6) is 4.38. The lowest BCUT2D eigenvalue weighted by Gasteiger charge is -2.53. The van der Waals surface area contributed by atoms with Crippen molar-refractivity contribution in [2.75, 3.05) is 0 Å². The molecule has 0 amide bonds. The average molecular weight is 278 g/mol. The molecule has 0 saturated heterocycles. The van der Waals surface area contributed by atoms with Crippen LogP contribution in [0.3, 0.4) is 0 Å². The lowest BCUT2D eigenvalue weighted by Crippen LogP contribution is -2.55. The van der Waals surface area contributed by atoms with Gasteiger partial charge >= 0.3 is 5.97 Å². The molecule has 6 unspecified atom stereocenters. The Morgan fingerprint density at radius 2 is 1.95 bits per heavy atom. The van der Waals surface area contributed by atoms with Gasteiger partial charge in [-0.25, -0.2) is 0 Å². The lowest BCUT2D eigenvalue weighted by molar-refractivity contribution is -0.193. The number of carbonyl (C=O) groups is 1. The van der Waals surface area contributed by atoms with Crippen molar-refractivity contribution in [1.82, 2.24) is 0 Å². The number of ether oxygens (including phenoxy) is 1. The third-order valence-electron chi connectivity index (χ3n) is 6.77. The molecule has 2 heteroatoms. The van der Waals surface area contributed by atoms with Gasteiger partial charge in [-0.3, -0.25) is 4.79 Å². The van der Waals surface area contributed by atoms with E-state index in [1.807, 2.05) is 6.92 Å². The molecule has 0 aromatic carbocycles. The first kappa shape index (κ1) is 14.4. The maximum Gasteiger partial charge on any atom is 0.306 e. The first-order chi connectivity index (χ1) is 9.52. The second-order valence-electron chi connectivity index (χ2n) is 7.78. The maximum absolute atomic E-state index is 12.0. The van der Waals surface area contributed by atoms with E-state index in [1.165, 1.54) is 32.1 Å². The van der Waals surface area contributed by atoms with Crippen LogP contribution in [0, 0.1) is 35.5 Å². The summed E-state index contributed by atoms with van der Waals surface area (Å²) in [5.41, 5.74) is -0.137. The van der Waals surface area contributed by atoms with Gasteiger partial charge < -0.3 is 4.74 Å². The van der Waals surface area contributed by atoms with Gasteiger partial charge in [-0.1, -0.05) is 34.1 Å². The van der Waals surface area contributed by atoms with E-state index in [1.54, 1.807) is 0 Å². The van der Waals surface area contributed by atoms with Crippen LogP contribution in [0.5, 0.6) is 0 Å². The van der Waals surface area contributed by atoms with E-state index >= 15 is 0 Å². The van der Waals surface area contributed by atoms with Crippen molar-refractivity contribution in [3.63, 3.8) is 0 Å². The SMILES string of the molecule is CCC(=O)OC1(C(C)C)C2CC(CC)CC3CC1C3C2. The molecule has 3 fully saturated rings. The molecule has 0 N–H and O–H groups in total. The lowest BCUT2D eigenvalue weighted by atomic mass is 9.56. The molecular weight excluding hydrogens is 248 g/mol. The first-order valence-electron chi connectivity index (χ1n) is 8.74. The Bertz CT molecular complexity index is 389. The van der Waals surface area contributed by atoms with Crippen molar-refractivity contribution < 1.29 is 9.53 Å². The van der Waals surface area contributed by atoms with Gasteiger partial charge in [0, 0.05) is 12.3 Å². The molecule has 20 heavy (non-hydrogen) atoms. The van der Waals surface area contributed by atoms with E-state index in [4.69, 9.17) is 4.74 Å². The predicted molar refractivity (Wildman–Crippen MR) is 80.2 cm³/mol. The number of carbonyl (C=O) groups excluding carboxylic acids is 1. The third-order valence-corrected chi connectivity index (χ3v) is 6.77. The van der Waals surface area contributed by atoms with E-state index in [9.17, 15) is 4.79 Å². The van der Waals surface area contributed by atoms with Gasteiger partial charge in [0.15, 0.2) is 0 Å². The van der Waals surface area contributed by atoms with Gasteiger partial charge in [-0.2, -0.15) is 0 Å². The monoisotopic (exact) mass is 278 g/mol. The summed E-state index contributed by atoms with van der Waals surface area (Å²) in [4.78, 5) is 12.0. The summed E-state index contributed by atoms with van der Waals surface area (Å²) in [6.07, 6.45) is 7.16. The minimum absolute atomic E-state index is 0.0152. The quantitative estimate of drug-likeness (QED) is 0.711. The Morgan fingerprint density at radius 3 is 2.55 bits per heavy atom. The molecule has 0 aromatic rings. The van der Waals surface area contributed by atoms with E-state index in [0.29, 0.717) is 24.2 Å². The van der Waals surface area contributed by atoms with Gasteiger partial charge in [0.05, 0.1) is 0 Å². The fraction of sp³-hybridized carbons (Fsp3) is 0.944. The smallest absolute Gasteiger partial charge is 0.306 e. The zero-order valence-electron chi connectivity index (χ0n) is 13.5. The second kappa shape index (κ2) is 5.03. The van der Waals surface area contributed by atoms with Crippen molar-refractivity contribution in [2.24, 2.45) is 35.5 Å². The average Bonchev–Trinajstić information content (AvgIpc) is 2.53. The maximum atomic E-state index is 12.0. The fourth-order valence-corrected chi connectivity index (χ4v) is 5.76. The normalized spacial score (nSPS) is 46.0. The largest absolute Gasteiger partial charge is 0.458 e. The van der Waals surface area contributed by atoms with Gasteiger partial charge in [-0.15, -0.1) is 0 Å². The summed E-state index contributed by atoms with van der Waals surface area (Å²) < 4.78 is 6.18. The van der Waals surface area contributed by atoms with Gasteiger partial charge in [0.25, 0.3) is 0 Å². The number of fused-ring (bicyclic) bond motifs is 1. The van der Waals surface area contributed by atoms with Crippen LogP contribution in [-0.2, 0) is 9.53 Å². The van der Waals surface area contributed by atoms with Crippen molar-refractivity contribution in [3.8, 4) is 0 Å². The van der Waals surface area contributed by atoms with Crippen molar-refractivity contribution in [1.29, 1.82) is 0 Å². The van der Waals surface area contributed by atoms with Crippen LogP contribution >= 0.6 is 0 Å². The zero-order chi connectivity index (χ0) is 14.5. The van der Waals surface area contributed by atoms with Crippen molar-refractivity contribution in [2.45, 2.75) is 71.8 Å². The second-order valence-corrected chi connectivity index (χ2v) is 7.78. The molecule has 3 aliphatic carbocycles. The van der Waals surface area contributed by atoms with Crippen LogP contribution in [0.1, 0.15) is 66.2 Å². The molecule has 0 aliphatic heterocycles. The number of hydrogen-bond donors (Lipinski definition) is 0. The standard InChI is InChI=1S/C18H30O2/c1-5-12-7-13-9-16-15(13)10-14(8-12)18(16,11(3)4)20-17(19)6-2/h11-16H,5-10H2,1-4H3. The van der Waals surface area contributed by atoms with E-state index in [-0.39, 0.29) is 11.6 Å². The van der Waals surface area contributed by atoms with Crippen LogP contribution in [0.2, 0.25) is 0 Å². The highest BCUT2D eigenvalue weighted by molar-refractivity contribution is 5.69. The zero-order valence-corrected chi connectivity index (χ0v) is 13.5. The van der Waals surface area contributed by atoms with Crippen LogP contribution in [0.25, 0.3) is 0 Å². The molecule has 6 atom stereocenters. The third kappa shape index (κ3) is 1.86. The molecule has 0 heterocycles. The first-order valence-corrected chi connectivity index (χ1v) is 8.74. The highest BCUT2D eigenvalue weighted by atomic mass is 16.6. The molecule has 3 rings (SSSR count). The number of hydrogen-bond acceptors (Lipinski definition) is 2. The van der Waals surface area contributed by atoms with Gasteiger partial charge in [0.1, 0.15) is 5.60 Å². The highest BCUT2D eigenvalue weighted by Gasteiger charge is 2.66. The Balaban J connectivity index is 1.92. The van der Waals surface area contributed by atoms with Crippen LogP contribution in [-0.4, -0.2) is 11.6 Å². The van der Waals surface area contributed by atoms with Gasteiger partial charge in [0.2, 0.25) is 0 Å². The van der Waals surface area contributed by atoms with Crippen LogP contribution < -0.4 is 0 Å². The summed E-state index contributed by atoms with van der Waals surface area (Å²) in [7, 11) is 0. The number of rotatable bonds is 4. The Morgan fingerprint density at radius 1 is 1.20 bits per heavy atom. The van der Waals surface area contributed by atoms with E-state index in [2.05, 4.69) is 20.8 Å². The minimum atomic E-state index is -0.137. The molecule has 114 valence electrons. The summed E-state index contributed by atoms with van der Waals surface area (Å²) in [6, 6.07) is 0. The molecular formula is C18H30O2.